The van der Waals surface area contributed by atoms with E-state index in [1.54, 1.807) is 0 Å². The molecule has 1 N–H and O–H groups in total. The Labute approximate surface area is 164 Å². The first-order valence-corrected chi connectivity index (χ1v) is 10.1. The highest BCUT2D eigenvalue weighted by Crippen LogP contribution is 2.15. The van der Waals surface area contributed by atoms with Crippen molar-refractivity contribution in [2.75, 3.05) is 6.54 Å². The van der Waals surface area contributed by atoms with Crippen molar-refractivity contribution in [3.63, 3.8) is 0 Å². The Bertz CT molecular complexity index is 711. The molecule has 0 unspecified atom stereocenters. The zero-order chi connectivity index (χ0) is 19.5. The smallest absolute Gasteiger partial charge is 0.304 e. The molecule has 0 heterocycles. The summed E-state index contributed by atoms with van der Waals surface area (Å²) in [4.78, 5) is 13.3. The average molecular weight is 368 g/mol. The lowest BCUT2D eigenvalue weighted by Crippen LogP contribution is -2.25. The van der Waals surface area contributed by atoms with Gasteiger partial charge in [-0.1, -0.05) is 80.3 Å². The molecular formula is C24H33NO2. The molecule has 0 amide bonds. The van der Waals surface area contributed by atoms with Gasteiger partial charge in [0.25, 0.3) is 0 Å². The van der Waals surface area contributed by atoms with Gasteiger partial charge in [0.1, 0.15) is 0 Å². The number of carbonyl (C=O) groups is 1. The Hall–Kier alpha value is -2.13. The fourth-order valence-corrected chi connectivity index (χ4v) is 3.43. The minimum atomic E-state index is -0.742. The third kappa shape index (κ3) is 8.40. The predicted molar refractivity (Wildman–Crippen MR) is 112 cm³/mol. The number of rotatable bonds is 12. The van der Waals surface area contributed by atoms with E-state index in [1.807, 2.05) is 0 Å². The highest BCUT2D eigenvalue weighted by molar-refractivity contribution is 5.66. The van der Waals surface area contributed by atoms with Crippen molar-refractivity contribution in [3.8, 4) is 0 Å². The van der Waals surface area contributed by atoms with E-state index in [0.29, 0.717) is 6.54 Å². The summed E-state index contributed by atoms with van der Waals surface area (Å²) in [5, 5.41) is 9.10. The molecule has 0 spiro atoms. The lowest BCUT2D eigenvalue weighted by molar-refractivity contribution is -0.137. The Morgan fingerprint density at radius 3 is 2.26 bits per heavy atom. The van der Waals surface area contributed by atoms with Crippen LogP contribution in [0, 0.1) is 6.92 Å². The summed E-state index contributed by atoms with van der Waals surface area (Å²) in [6.45, 7) is 6.44. The number of hydrogen-bond acceptors (Lipinski definition) is 2. The fraction of sp³-hybridized carbons (Fsp3) is 0.458. The van der Waals surface area contributed by atoms with E-state index >= 15 is 0 Å². The summed E-state index contributed by atoms with van der Waals surface area (Å²) in [5.41, 5.74) is 5.12. The maximum Gasteiger partial charge on any atom is 0.304 e. The third-order valence-corrected chi connectivity index (χ3v) is 4.85. The molecule has 3 nitrogen and oxygen atoms in total. The Balaban J connectivity index is 2.01. The quantitative estimate of drug-likeness (QED) is 0.497. The van der Waals surface area contributed by atoms with Gasteiger partial charge in [0.05, 0.1) is 6.42 Å². The van der Waals surface area contributed by atoms with Crippen LogP contribution in [-0.2, 0) is 24.3 Å². The normalized spacial score (nSPS) is 11.1. The van der Waals surface area contributed by atoms with Crippen LogP contribution in [0.2, 0.25) is 0 Å². The predicted octanol–water partition coefficient (Wildman–Crippen LogP) is 5.59. The zero-order valence-corrected chi connectivity index (χ0v) is 16.8. The lowest BCUT2D eigenvalue weighted by Gasteiger charge is -2.22. The van der Waals surface area contributed by atoms with E-state index in [1.165, 1.54) is 47.9 Å². The van der Waals surface area contributed by atoms with Gasteiger partial charge in [0.15, 0.2) is 0 Å². The summed E-state index contributed by atoms with van der Waals surface area (Å²) in [6, 6.07) is 17.2. The van der Waals surface area contributed by atoms with Crippen molar-refractivity contribution in [1.82, 2.24) is 4.90 Å². The van der Waals surface area contributed by atoms with Crippen LogP contribution in [0.5, 0.6) is 0 Å². The van der Waals surface area contributed by atoms with Gasteiger partial charge in [-0.3, -0.25) is 9.69 Å². The molecule has 2 aromatic carbocycles. The molecule has 0 aliphatic carbocycles. The molecule has 0 bridgehead atoms. The minimum absolute atomic E-state index is 0.169. The number of benzene rings is 2. The molecule has 0 aromatic heterocycles. The Morgan fingerprint density at radius 2 is 1.59 bits per heavy atom. The Kier molecular flexibility index (Phi) is 9.06. The summed E-state index contributed by atoms with van der Waals surface area (Å²) in [6.07, 6.45) is 6.39. The number of carboxylic acids is 1. The average Bonchev–Trinajstić information content (AvgIpc) is 2.64. The van der Waals surface area contributed by atoms with Gasteiger partial charge in [-0.25, -0.2) is 0 Å². The van der Waals surface area contributed by atoms with Crippen LogP contribution in [0.4, 0.5) is 0 Å². The maximum atomic E-state index is 11.1. The van der Waals surface area contributed by atoms with E-state index in [-0.39, 0.29) is 6.42 Å². The summed E-state index contributed by atoms with van der Waals surface area (Å²) in [7, 11) is 0. The molecule has 2 aromatic rings. The van der Waals surface area contributed by atoms with Crippen LogP contribution in [0.1, 0.15) is 61.3 Å². The first-order chi connectivity index (χ1) is 13.1. The minimum Gasteiger partial charge on any atom is -0.481 e. The molecule has 0 aliphatic heterocycles. The number of carboxylic acid groups (broad SMARTS) is 1. The molecule has 0 aliphatic rings. The summed E-state index contributed by atoms with van der Waals surface area (Å²) < 4.78 is 0. The van der Waals surface area contributed by atoms with Gasteiger partial charge >= 0.3 is 5.97 Å². The van der Waals surface area contributed by atoms with Gasteiger partial charge in [0, 0.05) is 19.6 Å². The van der Waals surface area contributed by atoms with Crippen molar-refractivity contribution >= 4 is 5.97 Å². The molecule has 0 atom stereocenters. The molecular weight excluding hydrogens is 334 g/mol. The van der Waals surface area contributed by atoms with Crippen LogP contribution in [0.25, 0.3) is 0 Å². The van der Waals surface area contributed by atoms with Crippen molar-refractivity contribution in [2.45, 2.75) is 65.5 Å². The van der Waals surface area contributed by atoms with Crippen molar-refractivity contribution in [3.05, 3.63) is 70.8 Å². The van der Waals surface area contributed by atoms with Crippen molar-refractivity contribution in [2.24, 2.45) is 0 Å². The second-order valence-electron chi connectivity index (χ2n) is 7.47. The van der Waals surface area contributed by atoms with E-state index in [0.717, 1.165) is 19.5 Å². The highest BCUT2D eigenvalue weighted by Gasteiger charge is 2.10. The van der Waals surface area contributed by atoms with E-state index in [9.17, 15) is 4.79 Å². The zero-order valence-electron chi connectivity index (χ0n) is 16.8. The number of hydrogen-bond donors (Lipinski definition) is 1. The Morgan fingerprint density at radius 1 is 0.926 bits per heavy atom. The van der Waals surface area contributed by atoms with Gasteiger partial charge in [-0.2, -0.15) is 0 Å². The second kappa shape index (κ2) is 11.6. The standard InChI is InChI=1S/C24H33NO2/c1-3-4-5-6-10-21-11-8-13-23(17-21)19-25(15-14-24(26)27)18-22-12-7-9-20(2)16-22/h7-9,11-13,16-17H,3-6,10,14-15,18-19H2,1-2H3,(H,26,27). The largest absolute Gasteiger partial charge is 0.481 e. The molecule has 146 valence electrons. The lowest BCUT2D eigenvalue weighted by atomic mass is 10.0. The highest BCUT2D eigenvalue weighted by atomic mass is 16.4. The SMILES string of the molecule is CCCCCCc1cccc(CN(CCC(=O)O)Cc2cccc(C)c2)c1. The third-order valence-electron chi connectivity index (χ3n) is 4.85. The van der Waals surface area contributed by atoms with E-state index in [2.05, 4.69) is 67.3 Å². The molecule has 0 fully saturated rings. The molecule has 0 saturated carbocycles. The van der Waals surface area contributed by atoms with Gasteiger partial charge in [-0.05, 0) is 36.5 Å². The second-order valence-corrected chi connectivity index (χ2v) is 7.47. The number of nitrogens with zero attached hydrogens (tertiary/aromatic N) is 1. The summed E-state index contributed by atoms with van der Waals surface area (Å²) in [5.74, 6) is -0.742. The topological polar surface area (TPSA) is 40.5 Å². The van der Waals surface area contributed by atoms with E-state index < -0.39 is 5.97 Å². The molecule has 0 radical (unpaired) electrons. The molecule has 3 heteroatoms. The van der Waals surface area contributed by atoms with Gasteiger partial charge in [0.2, 0.25) is 0 Å². The van der Waals surface area contributed by atoms with Gasteiger partial charge in [-0.15, -0.1) is 0 Å². The fourth-order valence-electron chi connectivity index (χ4n) is 3.43. The van der Waals surface area contributed by atoms with Gasteiger partial charge < -0.3 is 5.11 Å². The molecule has 0 saturated heterocycles. The van der Waals surface area contributed by atoms with Crippen LogP contribution >= 0.6 is 0 Å². The van der Waals surface area contributed by atoms with Crippen LogP contribution in [0.15, 0.2) is 48.5 Å². The van der Waals surface area contributed by atoms with Crippen LogP contribution < -0.4 is 0 Å². The first kappa shape index (κ1) is 21.2. The van der Waals surface area contributed by atoms with E-state index in [4.69, 9.17) is 5.11 Å². The maximum absolute atomic E-state index is 11.1. The van der Waals surface area contributed by atoms with Crippen molar-refractivity contribution in [1.29, 1.82) is 0 Å². The van der Waals surface area contributed by atoms with Crippen molar-refractivity contribution < 1.29 is 9.90 Å². The number of aryl methyl sites for hydroxylation is 2. The monoisotopic (exact) mass is 367 g/mol. The number of unbranched alkanes of at least 4 members (excludes halogenated alkanes) is 3. The number of aliphatic carboxylic acids is 1. The van der Waals surface area contributed by atoms with Crippen LogP contribution in [-0.4, -0.2) is 22.5 Å². The molecule has 2 rings (SSSR count). The molecule has 27 heavy (non-hydrogen) atoms. The summed E-state index contributed by atoms with van der Waals surface area (Å²) >= 11 is 0. The van der Waals surface area contributed by atoms with Crippen LogP contribution in [0.3, 0.4) is 0 Å². The first-order valence-electron chi connectivity index (χ1n) is 10.1.